The summed E-state index contributed by atoms with van der Waals surface area (Å²) in [5.74, 6) is 0.183. The number of benzene rings is 1. The fraction of sp³-hybridized carbons (Fsp3) is 0.333. The number of amides is 1. The van der Waals surface area contributed by atoms with Gasteiger partial charge in [-0.2, -0.15) is 5.26 Å². The second-order valence-electron chi connectivity index (χ2n) is 5.99. The lowest BCUT2D eigenvalue weighted by molar-refractivity contribution is 0.102. The van der Waals surface area contributed by atoms with Gasteiger partial charge in [-0.3, -0.25) is 4.79 Å². The maximum atomic E-state index is 12.4. The molecule has 0 radical (unpaired) electrons. The van der Waals surface area contributed by atoms with Gasteiger partial charge in [0.25, 0.3) is 5.91 Å². The van der Waals surface area contributed by atoms with Crippen molar-refractivity contribution < 1.29 is 4.79 Å². The Morgan fingerprint density at radius 2 is 2.04 bits per heavy atom. The molecule has 122 valence electrons. The quantitative estimate of drug-likeness (QED) is 0.902. The Hall–Kier alpha value is -2.94. The van der Waals surface area contributed by atoms with Crippen LogP contribution in [0.3, 0.4) is 0 Å². The molecule has 6 nitrogen and oxygen atoms in total. The molecule has 24 heavy (non-hydrogen) atoms. The molecule has 0 spiro atoms. The van der Waals surface area contributed by atoms with Crippen LogP contribution in [0.1, 0.15) is 47.4 Å². The molecule has 1 heterocycles. The largest absolute Gasteiger partial charge is 0.351 e. The van der Waals surface area contributed by atoms with Gasteiger partial charge in [-0.15, -0.1) is 0 Å². The van der Waals surface area contributed by atoms with E-state index in [0.29, 0.717) is 28.9 Å². The Labute approximate surface area is 140 Å². The number of aromatic nitrogens is 2. The van der Waals surface area contributed by atoms with E-state index >= 15 is 0 Å². The Morgan fingerprint density at radius 1 is 1.25 bits per heavy atom. The van der Waals surface area contributed by atoms with Crippen LogP contribution < -0.4 is 10.6 Å². The van der Waals surface area contributed by atoms with Crippen LogP contribution in [0.5, 0.6) is 0 Å². The smallest absolute Gasteiger partial charge is 0.274 e. The number of nitriles is 1. The lowest BCUT2D eigenvalue weighted by Gasteiger charge is -2.13. The molecule has 1 aliphatic carbocycles. The van der Waals surface area contributed by atoms with Gasteiger partial charge in [0.05, 0.1) is 11.6 Å². The van der Waals surface area contributed by atoms with Crippen LogP contribution in [-0.4, -0.2) is 21.9 Å². The average Bonchev–Trinajstić information content (AvgIpc) is 3.07. The zero-order chi connectivity index (χ0) is 16.9. The maximum absolute atomic E-state index is 12.4. The summed E-state index contributed by atoms with van der Waals surface area (Å²) in [5, 5.41) is 15.0. The molecule has 0 saturated heterocycles. The second-order valence-corrected chi connectivity index (χ2v) is 5.99. The minimum atomic E-state index is -0.315. The molecule has 1 aromatic heterocycles. The van der Waals surface area contributed by atoms with E-state index in [4.69, 9.17) is 5.26 Å². The van der Waals surface area contributed by atoms with Gasteiger partial charge >= 0.3 is 0 Å². The number of anilines is 2. The predicted molar refractivity (Wildman–Crippen MR) is 91.8 cm³/mol. The monoisotopic (exact) mass is 321 g/mol. The van der Waals surface area contributed by atoms with Crippen molar-refractivity contribution in [2.45, 2.75) is 38.6 Å². The Balaban J connectivity index is 1.76. The van der Waals surface area contributed by atoms with Crippen LogP contribution >= 0.6 is 0 Å². The molecule has 1 aromatic carbocycles. The SMILES string of the molecule is Cc1cc(C(=O)Nc2cccc(C#N)c2)nc(NC2CCCC2)n1. The number of rotatable bonds is 4. The Kier molecular flexibility index (Phi) is 4.71. The molecule has 1 amide bonds. The highest BCUT2D eigenvalue weighted by molar-refractivity contribution is 6.03. The molecule has 2 aromatic rings. The first-order valence-electron chi connectivity index (χ1n) is 8.08. The van der Waals surface area contributed by atoms with Gasteiger partial charge in [-0.05, 0) is 44.0 Å². The minimum Gasteiger partial charge on any atom is -0.351 e. The first-order valence-corrected chi connectivity index (χ1v) is 8.08. The first-order chi connectivity index (χ1) is 11.6. The normalized spacial score (nSPS) is 14.2. The summed E-state index contributed by atoms with van der Waals surface area (Å²) in [6.07, 6.45) is 4.65. The van der Waals surface area contributed by atoms with Gasteiger partial charge in [-0.25, -0.2) is 9.97 Å². The summed E-state index contributed by atoms with van der Waals surface area (Å²) in [7, 11) is 0. The van der Waals surface area contributed by atoms with E-state index in [9.17, 15) is 4.79 Å². The standard InChI is InChI=1S/C18H19N5O/c1-12-9-16(23-18(20-12)22-14-6-2-3-7-14)17(24)21-15-8-4-5-13(10-15)11-19/h4-5,8-10,14H,2-3,6-7H2,1H3,(H,21,24)(H,20,22,23). The number of hydrogen-bond donors (Lipinski definition) is 2. The van der Waals surface area contributed by atoms with Crippen LogP contribution in [0, 0.1) is 18.3 Å². The molecule has 2 N–H and O–H groups in total. The Morgan fingerprint density at radius 3 is 2.79 bits per heavy atom. The van der Waals surface area contributed by atoms with Gasteiger partial charge < -0.3 is 10.6 Å². The van der Waals surface area contributed by atoms with Gasteiger partial charge in [0, 0.05) is 17.4 Å². The van der Waals surface area contributed by atoms with E-state index < -0.39 is 0 Å². The second kappa shape index (κ2) is 7.09. The van der Waals surface area contributed by atoms with Crippen molar-refractivity contribution >= 4 is 17.5 Å². The van der Waals surface area contributed by atoms with E-state index in [1.165, 1.54) is 12.8 Å². The van der Waals surface area contributed by atoms with E-state index in [1.54, 1.807) is 30.3 Å². The number of hydrogen-bond acceptors (Lipinski definition) is 5. The zero-order valence-electron chi connectivity index (χ0n) is 13.5. The summed E-state index contributed by atoms with van der Waals surface area (Å²) in [4.78, 5) is 21.1. The molecule has 6 heteroatoms. The van der Waals surface area contributed by atoms with Gasteiger partial charge in [-0.1, -0.05) is 18.9 Å². The zero-order valence-corrected chi connectivity index (χ0v) is 13.5. The highest BCUT2D eigenvalue weighted by Crippen LogP contribution is 2.21. The third-order valence-corrected chi connectivity index (χ3v) is 4.02. The van der Waals surface area contributed by atoms with Crippen molar-refractivity contribution in [2.75, 3.05) is 10.6 Å². The summed E-state index contributed by atoms with van der Waals surface area (Å²) >= 11 is 0. The van der Waals surface area contributed by atoms with Crippen LogP contribution in [0.4, 0.5) is 11.6 Å². The molecular formula is C18H19N5O. The summed E-state index contributed by atoms with van der Waals surface area (Å²) < 4.78 is 0. The van der Waals surface area contributed by atoms with Crippen molar-refractivity contribution in [3.63, 3.8) is 0 Å². The number of nitrogens with one attached hydrogen (secondary N) is 2. The highest BCUT2D eigenvalue weighted by atomic mass is 16.1. The number of carbonyl (C=O) groups excluding carboxylic acids is 1. The summed E-state index contributed by atoms with van der Waals surface area (Å²) in [6, 6.07) is 10.9. The van der Waals surface area contributed by atoms with Crippen LogP contribution in [-0.2, 0) is 0 Å². The van der Waals surface area contributed by atoms with Crippen molar-refractivity contribution in [2.24, 2.45) is 0 Å². The molecule has 1 saturated carbocycles. The van der Waals surface area contributed by atoms with E-state index in [1.807, 2.05) is 6.92 Å². The maximum Gasteiger partial charge on any atom is 0.274 e. The molecule has 0 aliphatic heterocycles. The van der Waals surface area contributed by atoms with Gasteiger partial charge in [0.2, 0.25) is 5.95 Å². The van der Waals surface area contributed by atoms with E-state index in [0.717, 1.165) is 18.5 Å². The van der Waals surface area contributed by atoms with Crippen molar-refractivity contribution in [3.8, 4) is 6.07 Å². The first kappa shape index (κ1) is 15.9. The van der Waals surface area contributed by atoms with Gasteiger partial charge in [0.1, 0.15) is 5.69 Å². The van der Waals surface area contributed by atoms with Crippen LogP contribution in [0.15, 0.2) is 30.3 Å². The third-order valence-electron chi connectivity index (χ3n) is 4.02. The topological polar surface area (TPSA) is 90.7 Å². The minimum absolute atomic E-state index is 0.311. The van der Waals surface area contributed by atoms with Crippen LogP contribution in [0.25, 0.3) is 0 Å². The predicted octanol–water partition coefficient (Wildman–Crippen LogP) is 3.26. The molecule has 0 unspecified atom stereocenters. The molecule has 0 atom stereocenters. The van der Waals surface area contributed by atoms with E-state index in [2.05, 4.69) is 26.7 Å². The molecule has 3 rings (SSSR count). The number of carbonyl (C=O) groups is 1. The average molecular weight is 321 g/mol. The summed E-state index contributed by atoms with van der Waals surface area (Å²) in [5.41, 5.74) is 2.11. The van der Waals surface area contributed by atoms with E-state index in [-0.39, 0.29) is 5.91 Å². The fourth-order valence-electron chi connectivity index (χ4n) is 2.86. The van der Waals surface area contributed by atoms with Crippen molar-refractivity contribution in [3.05, 3.63) is 47.3 Å². The highest BCUT2D eigenvalue weighted by Gasteiger charge is 2.17. The lowest BCUT2D eigenvalue weighted by atomic mass is 10.2. The van der Waals surface area contributed by atoms with Crippen molar-refractivity contribution in [1.29, 1.82) is 5.26 Å². The third kappa shape index (κ3) is 3.87. The molecule has 1 fully saturated rings. The molecule has 1 aliphatic rings. The number of aryl methyl sites for hydroxylation is 1. The van der Waals surface area contributed by atoms with Crippen molar-refractivity contribution in [1.82, 2.24) is 9.97 Å². The number of nitrogens with zero attached hydrogens (tertiary/aromatic N) is 3. The van der Waals surface area contributed by atoms with Crippen LogP contribution in [0.2, 0.25) is 0 Å². The summed E-state index contributed by atoms with van der Waals surface area (Å²) in [6.45, 7) is 1.84. The Bertz CT molecular complexity index is 790. The van der Waals surface area contributed by atoms with Gasteiger partial charge in [0.15, 0.2) is 0 Å². The fourth-order valence-corrected chi connectivity index (χ4v) is 2.86. The molecule has 0 bridgehead atoms. The lowest BCUT2D eigenvalue weighted by Crippen LogP contribution is -2.20. The molecular weight excluding hydrogens is 302 g/mol.